The molecule has 0 aliphatic rings. The van der Waals surface area contributed by atoms with E-state index < -0.39 is 24.4 Å². The van der Waals surface area contributed by atoms with Gasteiger partial charge in [-0.3, -0.25) is 9.59 Å². The molecule has 10 heteroatoms. The second-order valence-corrected chi connectivity index (χ2v) is 5.81. The van der Waals surface area contributed by atoms with Gasteiger partial charge in [-0.05, 0) is 32.0 Å². The van der Waals surface area contributed by atoms with Gasteiger partial charge in [0.05, 0.1) is 13.2 Å². The van der Waals surface area contributed by atoms with Crippen LogP contribution in [0.4, 0.5) is 5.82 Å². The number of carboxylic acid groups (broad SMARTS) is 1. The number of carbonyl (C=O) groups is 3. The van der Waals surface area contributed by atoms with E-state index in [1.807, 2.05) is 0 Å². The van der Waals surface area contributed by atoms with Crippen LogP contribution in [-0.2, 0) is 9.59 Å². The number of anilines is 1. The van der Waals surface area contributed by atoms with Gasteiger partial charge in [-0.2, -0.15) is 0 Å². The molecule has 0 bridgehead atoms. The van der Waals surface area contributed by atoms with Gasteiger partial charge in [-0.15, -0.1) is 0 Å². The zero-order chi connectivity index (χ0) is 20.7. The lowest BCUT2D eigenvalue weighted by atomic mass is 10.1. The van der Waals surface area contributed by atoms with E-state index in [9.17, 15) is 14.4 Å². The normalized spacial score (nSPS) is 10.2. The topological polar surface area (TPSA) is 131 Å². The Labute approximate surface area is 161 Å². The molecular weight excluding hydrogens is 370 g/mol. The third kappa shape index (κ3) is 5.73. The summed E-state index contributed by atoms with van der Waals surface area (Å²) in [6, 6.07) is 5.92. The predicted molar refractivity (Wildman–Crippen MR) is 97.6 cm³/mol. The summed E-state index contributed by atoms with van der Waals surface area (Å²) in [6.07, 6.45) is 0. The number of rotatable bonds is 9. The Morgan fingerprint density at radius 1 is 1.21 bits per heavy atom. The number of carbonyl (C=O) groups excluding carboxylic acids is 2. The molecule has 10 nitrogen and oxygen atoms in total. The summed E-state index contributed by atoms with van der Waals surface area (Å²) in [5, 5.41) is 14.9. The third-order valence-electron chi connectivity index (χ3n) is 3.46. The Morgan fingerprint density at radius 3 is 2.57 bits per heavy atom. The number of ether oxygens (including phenoxy) is 2. The maximum absolute atomic E-state index is 12.6. The van der Waals surface area contributed by atoms with Crippen LogP contribution in [0.2, 0.25) is 0 Å². The molecular formula is C18H21N3O7. The lowest BCUT2D eigenvalue weighted by Crippen LogP contribution is -2.35. The minimum Gasteiger partial charge on any atom is -0.490 e. The minimum atomic E-state index is -1.13. The van der Waals surface area contributed by atoms with Crippen molar-refractivity contribution in [3.8, 4) is 11.5 Å². The number of hydrogen-bond acceptors (Lipinski definition) is 7. The number of carboxylic acids is 1. The second-order valence-electron chi connectivity index (χ2n) is 5.81. The van der Waals surface area contributed by atoms with Gasteiger partial charge in [-0.25, -0.2) is 4.79 Å². The molecule has 2 rings (SSSR count). The zero-order valence-electron chi connectivity index (χ0n) is 15.7. The van der Waals surface area contributed by atoms with Gasteiger partial charge in [-0.1, -0.05) is 5.16 Å². The van der Waals surface area contributed by atoms with Crippen LogP contribution >= 0.6 is 0 Å². The summed E-state index contributed by atoms with van der Waals surface area (Å²) in [6.45, 7) is 3.01. The van der Waals surface area contributed by atoms with Crippen LogP contribution < -0.4 is 14.8 Å². The molecule has 0 atom stereocenters. The summed E-state index contributed by atoms with van der Waals surface area (Å²) < 4.78 is 15.4. The molecule has 1 heterocycles. The first-order valence-corrected chi connectivity index (χ1v) is 8.40. The van der Waals surface area contributed by atoms with Crippen molar-refractivity contribution in [2.24, 2.45) is 0 Å². The molecule has 0 radical (unpaired) electrons. The fourth-order valence-corrected chi connectivity index (χ4v) is 2.28. The van der Waals surface area contributed by atoms with Gasteiger partial charge in [0.15, 0.2) is 23.9 Å². The number of aryl methyl sites for hydroxylation is 1. The van der Waals surface area contributed by atoms with Crippen LogP contribution in [0.25, 0.3) is 0 Å². The van der Waals surface area contributed by atoms with Gasteiger partial charge in [0, 0.05) is 18.7 Å². The average Bonchev–Trinajstić information content (AvgIpc) is 3.04. The quantitative estimate of drug-likeness (QED) is 0.658. The first kappa shape index (κ1) is 20.7. The number of amides is 2. The highest BCUT2D eigenvalue weighted by molar-refractivity contribution is 5.99. The van der Waals surface area contributed by atoms with Crippen LogP contribution in [0.5, 0.6) is 11.5 Å². The fraction of sp³-hybridized carbons (Fsp3) is 0.333. The van der Waals surface area contributed by atoms with E-state index in [1.54, 1.807) is 19.9 Å². The highest BCUT2D eigenvalue weighted by Gasteiger charge is 2.18. The number of nitrogens with one attached hydrogen (secondary N) is 1. The molecule has 0 aliphatic carbocycles. The van der Waals surface area contributed by atoms with Gasteiger partial charge >= 0.3 is 5.97 Å². The Balaban J connectivity index is 2.05. The molecule has 0 saturated carbocycles. The summed E-state index contributed by atoms with van der Waals surface area (Å²) in [7, 11) is 1.48. The van der Waals surface area contributed by atoms with Crippen molar-refractivity contribution in [1.82, 2.24) is 10.1 Å². The lowest BCUT2D eigenvalue weighted by Gasteiger charge is -2.18. The maximum atomic E-state index is 12.6. The van der Waals surface area contributed by atoms with E-state index in [0.29, 0.717) is 12.4 Å². The van der Waals surface area contributed by atoms with Crippen LogP contribution in [0.3, 0.4) is 0 Å². The van der Waals surface area contributed by atoms with Crippen LogP contribution in [0.1, 0.15) is 23.0 Å². The summed E-state index contributed by atoms with van der Waals surface area (Å²) in [5.74, 6) is -0.716. The fourth-order valence-electron chi connectivity index (χ4n) is 2.28. The molecule has 150 valence electrons. The standard InChI is InChI=1S/C18H21N3O7/c1-4-26-14-8-12(5-6-13(14)27-10-17(23)24)18(25)21(3)9-16(22)19-15-7-11(2)28-20-15/h5-8H,4,9-10H2,1-3H3,(H,23,24)(H,19,20,22). The summed E-state index contributed by atoms with van der Waals surface area (Å²) in [5.41, 5.74) is 0.263. The van der Waals surface area contributed by atoms with Crippen molar-refractivity contribution >= 4 is 23.6 Å². The van der Waals surface area contributed by atoms with Crippen LogP contribution in [0.15, 0.2) is 28.8 Å². The molecule has 2 aromatic rings. The summed E-state index contributed by atoms with van der Waals surface area (Å²) >= 11 is 0. The number of aliphatic carboxylic acids is 1. The number of hydrogen-bond donors (Lipinski definition) is 2. The average molecular weight is 391 g/mol. The van der Waals surface area contributed by atoms with Crippen molar-refractivity contribution in [1.29, 1.82) is 0 Å². The largest absolute Gasteiger partial charge is 0.490 e. The van der Waals surface area contributed by atoms with E-state index in [4.69, 9.17) is 19.1 Å². The SMILES string of the molecule is CCOc1cc(C(=O)N(C)CC(=O)Nc2cc(C)on2)ccc1OCC(=O)O. The van der Waals surface area contributed by atoms with E-state index in [-0.39, 0.29) is 29.4 Å². The molecule has 2 N–H and O–H groups in total. The molecule has 0 aliphatic heterocycles. The zero-order valence-corrected chi connectivity index (χ0v) is 15.7. The van der Waals surface area contributed by atoms with Crippen molar-refractivity contribution in [2.45, 2.75) is 13.8 Å². The van der Waals surface area contributed by atoms with Crippen molar-refractivity contribution in [2.75, 3.05) is 32.1 Å². The lowest BCUT2D eigenvalue weighted by molar-refractivity contribution is -0.139. The molecule has 0 unspecified atom stereocenters. The molecule has 1 aromatic carbocycles. The van der Waals surface area contributed by atoms with Crippen LogP contribution in [-0.4, -0.2) is 59.8 Å². The molecule has 1 aromatic heterocycles. The molecule has 0 fully saturated rings. The molecule has 0 spiro atoms. The Bertz CT molecular complexity index is 863. The monoisotopic (exact) mass is 391 g/mol. The van der Waals surface area contributed by atoms with E-state index in [0.717, 1.165) is 0 Å². The predicted octanol–water partition coefficient (Wildman–Crippen LogP) is 1.56. The molecule has 2 amide bonds. The Kier molecular flexibility index (Phi) is 6.96. The molecule has 0 saturated heterocycles. The van der Waals surface area contributed by atoms with E-state index in [1.165, 1.54) is 30.1 Å². The van der Waals surface area contributed by atoms with Gasteiger partial charge in [0.1, 0.15) is 5.76 Å². The third-order valence-corrected chi connectivity index (χ3v) is 3.46. The highest BCUT2D eigenvalue weighted by atomic mass is 16.5. The first-order chi connectivity index (χ1) is 13.3. The molecule has 28 heavy (non-hydrogen) atoms. The summed E-state index contributed by atoms with van der Waals surface area (Å²) in [4.78, 5) is 36.5. The minimum absolute atomic E-state index is 0.202. The first-order valence-electron chi connectivity index (χ1n) is 8.40. The number of aromatic nitrogens is 1. The van der Waals surface area contributed by atoms with E-state index in [2.05, 4.69) is 10.5 Å². The number of nitrogens with zero attached hydrogens (tertiary/aromatic N) is 2. The van der Waals surface area contributed by atoms with Crippen molar-refractivity contribution in [3.63, 3.8) is 0 Å². The van der Waals surface area contributed by atoms with Crippen LogP contribution in [0, 0.1) is 6.92 Å². The van der Waals surface area contributed by atoms with Crippen molar-refractivity contribution in [3.05, 3.63) is 35.6 Å². The smallest absolute Gasteiger partial charge is 0.341 e. The van der Waals surface area contributed by atoms with Gasteiger partial charge in [0.25, 0.3) is 5.91 Å². The van der Waals surface area contributed by atoms with Crippen molar-refractivity contribution < 1.29 is 33.5 Å². The number of benzene rings is 1. The van der Waals surface area contributed by atoms with E-state index >= 15 is 0 Å². The van der Waals surface area contributed by atoms with Gasteiger partial charge in [0.2, 0.25) is 5.91 Å². The highest BCUT2D eigenvalue weighted by Crippen LogP contribution is 2.29. The second kappa shape index (κ2) is 9.40. The number of likely N-dealkylation sites (N-methyl/N-ethyl adjacent to an activating group) is 1. The Hall–Kier alpha value is -3.56. The maximum Gasteiger partial charge on any atom is 0.341 e. The van der Waals surface area contributed by atoms with Gasteiger partial charge < -0.3 is 29.3 Å². The Morgan fingerprint density at radius 2 is 1.96 bits per heavy atom.